The lowest BCUT2D eigenvalue weighted by Crippen LogP contribution is -2.21. The molecule has 25 heavy (non-hydrogen) atoms. The van der Waals surface area contributed by atoms with Crippen LogP contribution >= 0.6 is 11.8 Å². The Morgan fingerprint density at radius 3 is 2.64 bits per heavy atom. The van der Waals surface area contributed by atoms with Crippen molar-refractivity contribution in [3.05, 3.63) is 41.7 Å². The largest absolute Gasteiger partial charge is 0.377 e. The van der Waals surface area contributed by atoms with Crippen LogP contribution in [0.15, 0.2) is 35.5 Å². The van der Waals surface area contributed by atoms with E-state index < -0.39 is 0 Å². The molecule has 2 fully saturated rings. The number of nitrogens with zero attached hydrogens (tertiary/aromatic N) is 4. The summed E-state index contributed by atoms with van der Waals surface area (Å²) >= 11 is 1.79. The molecule has 4 rings (SSSR count). The van der Waals surface area contributed by atoms with Crippen LogP contribution in [0.4, 0.5) is 0 Å². The molecule has 2 aliphatic heterocycles. The molecule has 134 valence electrons. The van der Waals surface area contributed by atoms with Crippen LogP contribution in [0.3, 0.4) is 0 Å². The molecular weight excluding hydrogens is 332 g/mol. The molecule has 0 bridgehead atoms. The summed E-state index contributed by atoms with van der Waals surface area (Å²) in [4.78, 5) is 2.49. The van der Waals surface area contributed by atoms with Crippen molar-refractivity contribution in [3.63, 3.8) is 0 Å². The number of hydrogen-bond acceptors (Lipinski definition) is 5. The molecule has 0 aliphatic carbocycles. The van der Waals surface area contributed by atoms with Gasteiger partial charge >= 0.3 is 0 Å². The van der Waals surface area contributed by atoms with Crippen molar-refractivity contribution < 1.29 is 4.74 Å². The monoisotopic (exact) mass is 358 g/mol. The van der Waals surface area contributed by atoms with Gasteiger partial charge < -0.3 is 9.30 Å². The number of aromatic nitrogens is 3. The number of hydrogen-bond donors (Lipinski definition) is 0. The Kier molecular flexibility index (Phi) is 5.69. The average molecular weight is 359 g/mol. The molecule has 1 atom stereocenters. The molecule has 0 N–H and O–H groups in total. The highest BCUT2D eigenvalue weighted by Gasteiger charge is 2.21. The van der Waals surface area contributed by atoms with E-state index >= 15 is 0 Å². The second-order valence-corrected chi connectivity index (χ2v) is 7.89. The minimum atomic E-state index is 0.369. The van der Waals surface area contributed by atoms with E-state index in [1.165, 1.54) is 44.3 Å². The van der Waals surface area contributed by atoms with Crippen LogP contribution in [-0.2, 0) is 17.8 Å². The van der Waals surface area contributed by atoms with Gasteiger partial charge in [-0.05, 0) is 44.3 Å². The third kappa shape index (κ3) is 4.43. The molecule has 0 amide bonds. The summed E-state index contributed by atoms with van der Waals surface area (Å²) in [6.45, 7) is 5.00. The first kappa shape index (κ1) is 17.1. The first-order chi connectivity index (χ1) is 12.4. The van der Waals surface area contributed by atoms with Gasteiger partial charge in [0.2, 0.25) is 0 Å². The Labute approximate surface area is 153 Å². The SMILES string of the molecule is c1ccc(Cn2c(CN3CCCC3)nnc2SCC2CCCO2)cc1. The Bertz CT molecular complexity index is 663. The summed E-state index contributed by atoms with van der Waals surface area (Å²) < 4.78 is 8.06. The molecule has 6 heteroatoms. The number of rotatable bonds is 7. The van der Waals surface area contributed by atoms with Gasteiger partial charge in [0.05, 0.1) is 19.2 Å². The quantitative estimate of drug-likeness (QED) is 0.711. The highest BCUT2D eigenvalue weighted by Crippen LogP contribution is 2.25. The predicted octanol–water partition coefficient (Wildman–Crippen LogP) is 3.19. The smallest absolute Gasteiger partial charge is 0.191 e. The number of likely N-dealkylation sites (tertiary alicyclic amines) is 1. The molecule has 2 aliphatic rings. The van der Waals surface area contributed by atoms with Gasteiger partial charge in [0, 0.05) is 12.4 Å². The van der Waals surface area contributed by atoms with E-state index in [0.717, 1.165) is 36.4 Å². The van der Waals surface area contributed by atoms with E-state index in [2.05, 4.69) is 50.0 Å². The van der Waals surface area contributed by atoms with Crippen LogP contribution in [0, 0.1) is 0 Å². The van der Waals surface area contributed by atoms with Gasteiger partial charge in [0.1, 0.15) is 5.82 Å². The zero-order valence-corrected chi connectivity index (χ0v) is 15.5. The van der Waals surface area contributed by atoms with Gasteiger partial charge in [-0.3, -0.25) is 4.90 Å². The zero-order chi connectivity index (χ0) is 16.9. The summed E-state index contributed by atoms with van der Waals surface area (Å²) in [6.07, 6.45) is 5.32. The number of benzene rings is 1. The molecule has 1 aromatic heterocycles. The second kappa shape index (κ2) is 8.34. The first-order valence-electron chi connectivity index (χ1n) is 9.31. The molecular formula is C19H26N4OS. The maximum Gasteiger partial charge on any atom is 0.191 e. The predicted molar refractivity (Wildman–Crippen MR) is 99.8 cm³/mol. The van der Waals surface area contributed by atoms with Crippen LogP contribution in [0.5, 0.6) is 0 Å². The van der Waals surface area contributed by atoms with Gasteiger partial charge in [-0.15, -0.1) is 10.2 Å². The van der Waals surface area contributed by atoms with Gasteiger partial charge in [-0.25, -0.2) is 0 Å². The topological polar surface area (TPSA) is 43.2 Å². The van der Waals surface area contributed by atoms with E-state index in [-0.39, 0.29) is 0 Å². The maximum atomic E-state index is 5.76. The average Bonchev–Trinajstić information content (AvgIpc) is 3.39. The third-order valence-electron chi connectivity index (χ3n) is 4.96. The van der Waals surface area contributed by atoms with Gasteiger partial charge in [-0.2, -0.15) is 0 Å². The van der Waals surface area contributed by atoms with E-state index in [4.69, 9.17) is 4.74 Å². The normalized spacial score (nSPS) is 21.2. The minimum Gasteiger partial charge on any atom is -0.377 e. The van der Waals surface area contributed by atoms with Crippen LogP contribution in [0.25, 0.3) is 0 Å². The molecule has 2 saturated heterocycles. The lowest BCUT2D eigenvalue weighted by atomic mass is 10.2. The van der Waals surface area contributed by atoms with Crippen molar-refractivity contribution in [1.82, 2.24) is 19.7 Å². The van der Waals surface area contributed by atoms with Crippen LogP contribution in [0.2, 0.25) is 0 Å². The first-order valence-corrected chi connectivity index (χ1v) is 10.3. The van der Waals surface area contributed by atoms with E-state index in [9.17, 15) is 0 Å². The number of ether oxygens (including phenoxy) is 1. The fourth-order valence-electron chi connectivity index (χ4n) is 3.55. The molecule has 0 saturated carbocycles. The van der Waals surface area contributed by atoms with E-state index in [1.54, 1.807) is 11.8 Å². The lowest BCUT2D eigenvalue weighted by Gasteiger charge is -2.16. The molecule has 0 spiro atoms. The molecule has 2 aromatic rings. The van der Waals surface area contributed by atoms with Gasteiger partial charge in [0.15, 0.2) is 5.16 Å². The maximum absolute atomic E-state index is 5.76. The van der Waals surface area contributed by atoms with Crippen LogP contribution in [-0.4, -0.2) is 51.2 Å². The molecule has 0 radical (unpaired) electrons. The minimum absolute atomic E-state index is 0.369. The van der Waals surface area contributed by atoms with Gasteiger partial charge in [-0.1, -0.05) is 42.1 Å². The van der Waals surface area contributed by atoms with Crippen molar-refractivity contribution >= 4 is 11.8 Å². The number of thioether (sulfide) groups is 1. The van der Waals surface area contributed by atoms with Crippen molar-refractivity contribution in [1.29, 1.82) is 0 Å². The summed E-state index contributed by atoms with van der Waals surface area (Å²) in [5.41, 5.74) is 1.30. The van der Waals surface area contributed by atoms with Gasteiger partial charge in [0.25, 0.3) is 0 Å². The molecule has 1 aromatic carbocycles. The fraction of sp³-hybridized carbons (Fsp3) is 0.579. The molecule has 1 unspecified atom stereocenters. The summed E-state index contributed by atoms with van der Waals surface area (Å²) in [5, 5.41) is 10.1. The second-order valence-electron chi connectivity index (χ2n) is 6.90. The molecule has 5 nitrogen and oxygen atoms in total. The third-order valence-corrected chi connectivity index (χ3v) is 6.06. The van der Waals surface area contributed by atoms with Crippen molar-refractivity contribution in [2.45, 2.75) is 50.0 Å². The Morgan fingerprint density at radius 1 is 1.04 bits per heavy atom. The highest BCUT2D eigenvalue weighted by atomic mass is 32.2. The standard InChI is InChI=1S/C19H26N4OS/c1-2-7-16(8-3-1)13-23-18(14-22-10-4-5-11-22)20-21-19(23)25-15-17-9-6-12-24-17/h1-3,7-8,17H,4-6,9-15H2. The zero-order valence-electron chi connectivity index (χ0n) is 14.6. The van der Waals surface area contributed by atoms with Crippen LogP contribution in [0.1, 0.15) is 37.1 Å². The van der Waals surface area contributed by atoms with E-state index in [0.29, 0.717) is 6.10 Å². The van der Waals surface area contributed by atoms with Crippen LogP contribution < -0.4 is 0 Å². The van der Waals surface area contributed by atoms with Crippen molar-refractivity contribution in [3.8, 4) is 0 Å². The Balaban J connectivity index is 1.50. The fourth-order valence-corrected chi connectivity index (χ4v) is 4.57. The summed E-state index contributed by atoms with van der Waals surface area (Å²) in [6, 6.07) is 10.6. The lowest BCUT2D eigenvalue weighted by molar-refractivity contribution is 0.129. The molecule has 3 heterocycles. The summed E-state index contributed by atoms with van der Waals surface area (Å²) in [5.74, 6) is 2.05. The Hall–Kier alpha value is -1.37. The van der Waals surface area contributed by atoms with Crippen molar-refractivity contribution in [2.75, 3.05) is 25.4 Å². The van der Waals surface area contributed by atoms with Crippen molar-refractivity contribution in [2.24, 2.45) is 0 Å². The summed E-state index contributed by atoms with van der Waals surface area (Å²) in [7, 11) is 0. The Morgan fingerprint density at radius 2 is 1.88 bits per heavy atom. The van der Waals surface area contributed by atoms with E-state index in [1.807, 2.05) is 0 Å². The highest BCUT2D eigenvalue weighted by molar-refractivity contribution is 7.99.